The maximum Gasteiger partial charge on any atom is 0.203 e. The monoisotopic (exact) mass is 250 g/mol. The van der Waals surface area contributed by atoms with Gasteiger partial charge in [-0.15, -0.1) is 0 Å². The molecule has 0 radical (unpaired) electrons. The second-order valence-electron chi connectivity index (χ2n) is 3.58. The van der Waals surface area contributed by atoms with E-state index in [0.29, 0.717) is 23.8 Å². The molecule has 1 N–H and O–H groups in total. The Bertz CT molecular complexity index is 415. The van der Waals surface area contributed by atoms with E-state index in [1.165, 1.54) is 0 Å². The molecule has 0 aliphatic carbocycles. The molecule has 98 valence electrons. The number of rotatable bonds is 6. The SMILES string of the molecule is CCNC(C#N)c1cc(OC)c(OC)c(OC)c1. The van der Waals surface area contributed by atoms with Gasteiger partial charge in [-0.3, -0.25) is 5.32 Å². The number of nitrogens with zero attached hydrogens (tertiary/aromatic N) is 1. The summed E-state index contributed by atoms with van der Waals surface area (Å²) >= 11 is 0. The van der Waals surface area contributed by atoms with E-state index in [1.807, 2.05) is 6.92 Å². The van der Waals surface area contributed by atoms with Crippen molar-refractivity contribution in [2.45, 2.75) is 13.0 Å². The van der Waals surface area contributed by atoms with Crippen molar-refractivity contribution in [3.05, 3.63) is 17.7 Å². The van der Waals surface area contributed by atoms with Gasteiger partial charge in [-0.05, 0) is 24.2 Å². The Labute approximate surface area is 107 Å². The Morgan fingerprint density at radius 3 is 2.06 bits per heavy atom. The Kier molecular flexibility index (Phi) is 5.28. The largest absolute Gasteiger partial charge is 0.493 e. The molecular weight excluding hydrogens is 232 g/mol. The molecule has 1 rings (SSSR count). The van der Waals surface area contributed by atoms with Crippen molar-refractivity contribution in [1.82, 2.24) is 5.32 Å². The van der Waals surface area contributed by atoms with Crippen molar-refractivity contribution < 1.29 is 14.2 Å². The number of nitrogens with one attached hydrogen (secondary N) is 1. The van der Waals surface area contributed by atoms with Gasteiger partial charge in [-0.2, -0.15) is 5.26 Å². The molecule has 18 heavy (non-hydrogen) atoms. The summed E-state index contributed by atoms with van der Waals surface area (Å²) in [5.41, 5.74) is 0.786. The minimum absolute atomic E-state index is 0.399. The van der Waals surface area contributed by atoms with Crippen molar-refractivity contribution >= 4 is 0 Å². The zero-order valence-corrected chi connectivity index (χ0v) is 11.1. The van der Waals surface area contributed by atoms with E-state index in [9.17, 15) is 0 Å². The van der Waals surface area contributed by atoms with E-state index in [0.717, 1.165) is 5.56 Å². The lowest BCUT2D eigenvalue weighted by molar-refractivity contribution is 0.323. The van der Waals surface area contributed by atoms with Gasteiger partial charge in [0.05, 0.1) is 27.4 Å². The summed E-state index contributed by atoms with van der Waals surface area (Å²) < 4.78 is 15.7. The van der Waals surface area contributed by atoms with E-state index in [-0.39, 0.29) is 0 Å². The summed E-state index contributed by atoms with van der Waals surface area (Å²) in [4.78, 5) is 0. The third kappa shape index (κ3) is 2.84. The van der Waals surface area contributed by atoms with Crippen LogP contribution in [0.25, 0.3) is 0 Å². The molecule has 1 atom stereocenters. The molecule has 0 bridgehead atoms. The molecule has 0 spiro atoms. The number of nitriles is 1. The standard InChI is InChI=1S/C13H18N2O3/c1-5-15-10(8-14)9-6-11(16-2)13(18-4)12(7-9)17-3/h6-7,10,15H,5H2,1-4H3. The molecule has 0 aliphatic heterocycles. The highest BCUT2D eigenvalue weighted by Gasteiger charge is 2.17. The van der Waals surface area contributed by atoms with Gasteiger partial charge in [0.15, 0.2) is 11.5 Å². The van der Waals surface area contributed by atoms with Crippen LogP contribution < -0.4 is 19.5 Å². The number of hydrogen-bond donors (Lipinski definition) is 1. The molecule has 1 aromatic carbocycles. The second-order valence-corrected chi connectivity index (χ2v) is 3.58. The molecule has 0 aromatic heterocycles. The first-order valence-corrected chi connectivity index (χ1v) is 5.64. The number of hydrogen-bond acceptors (Lipinski definition) is 5. The highest BCUT2D eigenvalue weighted by atomic mass is 16.5. The average molecular weight is 250 g/mol. The maximum atomic E-state index is 9.14. The minimum atomic E-state index is -0.399. The zero-order chi connectivity index (χ0) is 13.5. The van der Waals surface area contributed by atoms with E-state index >= 15 is 0 Å². The molecule has 0 amide bonds. The Morgan fingerprint density at radius 1 is 1.17 bits per heavy atom. The maximum absolute atomic E-state index is 9.14. The van der Waals surface area contributed by atoms with Gasteiger partial charge in [0, 0.05) is 0 Å². The van der Waals surface area contributed by atoms with Gasteiger partial charge < -0.3 is 14.2 Å². The van der Waals surface area contributed by atoms with Crippen molar-refractivity contribution in [2.75, 3.05) is 27.9 Å². The van der Waals surface area contributed by atoms with E-state index in [4.69, 9.17) is 19.5 Å². The fraction of sp³-hybridized carbons (Fsp3) is 0.462. The Hall–Kier alpha value is -1.93. The Balaban J connectivity index is 3.26. The van der Waals surface area contributed by atoms with Crippen LogP contribution in [0.2, 0.25) is 0 Å². The average Bonchev–Trinajstić information content (AvgIpc) is 2.42. The van der Waals surface area contributed by atoms with E-state index < -0.39 is 6.04 Å². The fourth-order valence-electron chi connectivity index (χ4n) is 1.71. The summed E-state index contributed by atoms with van der Waals surface area (Å²) in [5.74, 6) is 1.62. The molecule has 0 heterocycles. The van der Waals surface area contributed by atoms with Gasteiger partial charge in [0.1, 0.15) is 6.04 Å². The topological polar surface area (TPSA) is 63.5 Å². The molecule has 0 fully saturated rings. The summed E-state index contributed by atoms with van der Waals surface area (Å²) in [7, 11) is 4.65. The number of methoxy groups -OCH3 is 3. The van der Waals surface area contributed by atoms with Crippen LogP contribution in [-0.2, 0) is 0 Å². The van der Waals surface area contributed by atoms with Crippen molar-refractivity contribution in [2.24, 2.45) is 0 Å². The van der Waals surface area contributed by atoms with Crippen molar-refractivity contribution in [1.29, 1.82) is 5.26 Å². The van der Waals surface area contributed by atoms with Gasteiger partial charge in [0.2, 0.25) is 5.75 Å². The van der Waals surface area contributed by atoms with Crippen LogP contribution in [-0.4, -0.2) is 27.9 Å². The molecular formula is C13H18N2O3. The first-order valence-electron chi connectivity index (χ1n) is 5.64. The second kappa shape index (κ2) is 6.72. The van der Waals surface area contributed by atoms with E-state index in [2.05, 4.69) is 11.4 Å². The minimum Gasteiger partial charge on any atom is -0.493 e. The van der Waals surface area contributed by atoms with Crippen LogP contribution in [0.1, 0.15) is 18.5 Å². The molecule has 1 unspecified atom stereocenters. The van der Waals surface area contributed by atoms with Gasteiger partial charge in [0.25, 0.3) is 0 Å². The molecule has 5 heteroatoms. The van der Waals surface area contributed by atoms with Gasteiger partial charge >= 0.3 is 0 Å². The fourth-order valence-corrected chi connectivity index (χ4v) is 1.71. The van der Waals surface area contributed by atoms with Crippen LogP contribution >= 0.6 is 0 Å². The smallest absolute Gasteiger partial charge is 0.203 e. The van der Waals surface area contributed by atoms with Crippen LogP contribution in [0.4, 0.5) is 0 Å². The van der Waals surface area contributed by atoms with Crippen LogP contribution in [0.5, 0.6) is 17.2 Å². The molecule has 5 nitrogen and oxygen atoms in total. The summed E-state index contributed by atoms with van der Waals surface area (Å²) in [6.07, 6.45) is 0. The van der Waals surface area contributed by atoms with Crippen LogP contribution in [0.15, 0.2) is 12.1 Å². The highest BCUT2D eigenvalue weighted by Crippen LogP contribution is 2.39. The molecule has 0 saturated heterocycles. The summed E-state index contributed by atoms with van der Waals surface area (Å²) in [5, 5.41) is 12.2. The third-order valence-corrected chi connectivity index (χ3v) is 2.56. The van der Waals surface area contributed by atoms with Crippen LogP contribution in [0.3, 0.4) is 0 Å². The number of benzene rings is 1. The quantitative estimate of drug-likeness (QED) is 0.835. The van der Waals surface area contributed by atoms with Crippen molar-refractivity contribution in [3.8, 4) is 23.3 Å². The third-order valence-electron chi connectivity index (χ3n) is 2.56. The predicted octanol–water partition coefficient (Wildman–Crippen LogP) is 1.89. The predicted molar refractivity (Wildman–Crippen MR) is 68.1 cm³/mol. The normalized spacial score (nSPS) is 11.5. The Morgan fingerprint density at radius 2 is 1.72 bits per heavy atom. The van der Waals surface area contributed by atoms with Crippen LogP contribution in [0, 0.1) is 11.3 Å². The summed E-state index contributed by atoms with van der Waals surface area (Å²) in [6, 6.07) is 5.35. The number of ether oxygens (including phenoxy) is 3. The first-order chi connectivity index (χ1) is 8.71. The lowest BCUT2D eigenvalue weighted by atomic mass is 10.1. The first kappa shape index (κ1) is 14.1. The molecule has 0 saturated carbocycles. The lowest BCUT2D eigenvalue weighted by Gasteiger charge is -2.16. The highest BCUT2D eigenvalue weighted by molar-refractivity contribution is 5.55. The zero-order valence-electron chi connectivity index (χ0n) is 11.1. The van der Waals surface area contributed by atoms with Gasteiger partial charge in [-0.25, -0.2) is 0 Å². The summed E-state index contributed by atoms with van der Waals surface area (Å²) in [6.45, 7) is 2.65. The van der Waals surface area contributed by atoms with Gasteiger partial charge in [-0.1, -0.05) is 6.92 Å². The lowest BCUT2D eigenvalue weighted by Crippen LogP contribution is -2.19. The van der Waals surface area contributed by atoms with E-state index in [1.54, 1.807) is 33.5 Å². The molecule has 1 aromatic rings. The van der Waals surface area contributed by atoms with Crippen molar-refractivity contribution in [3.63, 3.8) is 0 Å². The molecule has 0 aliphatic rings.